The highest BCUT2D eigenvalue weighted by molar-refractivity contribution is 4.71. The van der Waals surface area contributed by atoms with Gasteiger partial charge in [0.05, 0.1) is 12.7 Å². The first-order valence-corrected chi connectivity index (χ1v) is 5.80. The topological polar surface area (TPSA) is 52.0 Å². The van der Waals surface area contributed by atoms with Gasteiger partial charge in [-0.3, -0.25) is 4.68 Å². The van der Waals surface area contributed by atoms with Gasteiger partial charge in [-0.05, 0) is 12.3 Å². The third kappa shape index (κ3) is 4.72. The van der Waals surface area contributed by atoms with Gasteiger partial charge in [0.2, 0.25) is 0 Å². The third-order valence-corrected chi connectivity index (χ3v) is 2.66. The molecule has 0 aromatic carbocycles. The van der Waals surface area contributed by atoms with Crippen LogP contribution in [-0.2, 0) is 11.3 Å². The van der Waals surface area contributed by atoms with Gasteiger partial charge < -0.3 is 10.1 Å². The fourth-order valence-corrected chi connectivity index (χ4v) is 1.63. The Bertz CT molecular complexity index is 261. The van der Waals surface area contributed by atoms with Gasteiger partial charge in [0.15, 0.2) is 0 Å². The molecule has 1 aromatic heterocycles. The van der Waals surface area contributed by atoms with Crippen molar-refractivity contribution in [3.63, 3.8) is 0 Å². The van der Waals surface area contributed by atoms with Crippen LogP contribution in [0.5, 0.6) is 0 Å². The minimum Gasteiger partial charge on any atom is -0.385 e. The van der Waals surface area contributed by atoms with Crippen LogP contribution in [0, 0.1) is 5.92 Å². The van der Waals surface area contributed by atoms with Crippen molar-refractivity contribution in [1.29, 1.82) is 0 Å². The zero-order chi connectivity index (χ0) is 11.8. The van der Waals surface area contributed by atoms with E-state index in [0.29, 0.717) is 12.0 Å². The summed E-state index contributed by atoms with van der Waals surface area (Å²) in [5, 5.41) is 11.2. The quantitative estimate of drug-likeness (QED) is 0.716. The molecule has 0 amide bonds. The predicted octanol–water partition coefficient (Wildman–Crippen LogP) is 0.929. The molecule has 5 heteroatoms. The molecule has 92 valence electrons. The molecule has 0 bridgehead atoms. The number of ether oxygens (including phenoxy) is 1. The van der Waals surface area contributed by atoms with Crippen molar-refractivity contribution in [3.8, 4) is 0 Å². The van der Waals surface area contributed by atoms with E-state index in [0.717, 1.165) is 26.1 Å². The molecule has 0 radical (unpaired) electrons. The number of rotatable bonds is 8. The van der Waals surface area contributed by atoms with E-state index in [9.17, 15) is 0 Å². The molecule has 0 saturated carbocycles. The fraction of sp³-hybridized carbons (Fsp3) is 0.818. The van der Waals surface area contributed by atoms with Gasteiger partial charge >= 0.3 is 0 Å². The Morgan fingerprint density at radius 1 is 1.44 bits per heavy atom. The van der Waals surface area contributed by atoms with Crippen LogP contribution in [0.4, 0.5) is 0 Å². The summed E-state index contributed by atoms with van der Waals surface area (Å²) in [4.78, 5) is 0. The zero-order valence-electron chi connectivity index (χ0n) is 10.4. The largest absolute Gasteiger partial charge is 0.385 e. The lowest BCUT2D eigenvalue weighted by molar-refractivity contribution is 0.173. The average Bonchev–Trinajstić information content (AvgIpc) is 2.75. The Morgan fingerprint density at radius 2 is 2.25 bits per heavy atom. The summed E-state index contributed by atoms with van der Waals surface area (Å²) in [6.07, 6.45) is 4.62. The van der Waals surface area contributed by atoms with E-state index in [1.165, 1.54) is 0 Å². The zero-order valence-corrected chi connectivity index (χ0v) is 10.4. The maximum Gasteiger partial charge on any atom is 0.0692 e. The molecule has 0 saturated heterocycles. The summed E-state index contributed by atoms with van der Waals surface area (Å²) in [6.45, 7) is 7.02. The second-order valence-corrected chi connectivity index (χ2v) is 4.25. The van der Waals surface area contributed by atoms with E-state index >= 15 is 0 Å². The maximum atomic E-state index is 5.11. The molecule has 0 aliphatic heterocycles. The Balaban J connectivity index is 2.21. The van der Waals surface area contributed by atoms with Gasteiger partial charge in [0.25, 0.3) is 0 Å². The van der Waals surface area contributed by atoms with Crippen LogP contribution >= 0.6 is 0 Å². The van der Waals surface area contributed by atoms with Crippen molar-refractivity contribution in [2.75, 3.05) is 20.3 Å². The fourth-order valence-electron chi connectivity index (χ4n) is 1.63. The minimum atomic E-state index is 0.503. The first-order chi connectivity index (χ1) is 7.74. The summed E-state index contributed by atoms with van der Waals surface area (Å²) in [5.74, 6) is 0.617. The van der Waals surface area contributed by atoms with Crippen LogP contribution in [0.2, 0.25) is 0 Å². The number of hydrogen-bond donors (Lipinski definition) is 1. The van der Waals surface area contributed by atoms with Crippen LogP contribution in [0.1, 0.15) is 20.3 Å². The predicted molar refractivity (Wildman–Crippen MR) is 63.1 cm³/mol. The van der Waals surface area contributed by atoms with Crippen molar-refractivity contribution in [2.24, 2.45) is 5.92 Å². The number of aromatic nitrogens is 3. The molecule has 1 heterocycles. The van der Waals surface area contributed by atoms with Crippen molar-refractivity contribution in [2.45, 2.75) is 32.9 Å². The van der Waals surface area contributed by atoms with Crippen molar-refractivity contribution in [3.05, 3.63) is 12.4 Å². The van der Waals surface area contributed by atoms with Crippen molar-refractivity contribution < 1.29 is 4.74 Å². The third-order valence-electron chi connectivity index (χ3n) is 2.66. The molecule has 0 fully saturated rings. The van der Waals surface area contributed by atoms with Crippen LogP contribution in [-0.4, -0.2) is 41.3 Å². The molecular weight excluding hydrogens is 204 g/mol. The maximum absolute atomic E-state index is 5.11. The smallest absolute Gasteiger partial charge is 0.0692 e. The van der Waals surface area contributed by atoms with E-state index in [4.69, 9.17) is 4.74 Å². The van der Waals surface area contributed by atoms with Crippen molar-refractivity contribution in [1.82, 2.24) is 20.3 Å². The first kappa shape index (κ1) is 13.1. The van der Waals surface area contributed by atoms with Gasteiger partial charge in [0.1, 0.15) is 0 Å². The molecule has 0 spiro atoms. The van der Waals surface area contributed by atoms with E-state index < -0.39 is 0 Å². The second kappa shape index (κ2) is 7.35. The second-order valence-electron chi connectivity index (χ2n) is 4.25. The molecule has 16 heavy (non-hydrogen) atoms. The molecule has 1 N–H and O–H groups in total. The van der Waals surface area contributed by atoms with Crippen LogP contribution in [0.15, 0.2) is 12.4 Å². The summed E-state index contributed by atoms with van der Waals surface area (Å²) in [7, 11) is 1.74. The highest BCUT2D eigenvalue weighted by Crippen LogP contribution is 2.05. The minimum absolute atomic E-state index is 0.503. The number of hydrogen-bond acceptors (Lipinski definition) is 4. The normalized spacial score (nSPS) is 13.2. The van der Waals surface area contributed by atoms with Crippen LogP contribution in [0.25, 0.3) is 0 Å². The lowest BCUT2D eigenvalue weighted by Crippen LogP contribution is -2.37. The lowest BCUT2D eigenvalue weighted by atomic mass is 10.0. The molecule has 0 aliphatic rings. The van der Waals surface area contributed by atoms with Crippen molar-refractivity contribution >= 4 is 0 Å². The number of nitrogens with zero attached hydrogens (tertiary/aromatic N) is 3. The SMILES string of the molecule is COCCC(NCCn1ccnn1)C(C)C. The Labute approximate surface area is 97.2 Å². The lowest BCUT2D eigenvalue weighted by Gasteiger charge is -2.22. The summed E-state index contributed by atoms with van der Waals surface area (Å²) >= 11 is 0. The van der Waals surface area contributed by atoms with E-state index in [1.807, 2.05) is 10.9 Å². The number of nitrogens with one attached hydrogen (secondary N) is 1. The van der Waals surface area contributed by atoms with Gasteiger partial charge in [0, 0.05) is 32.5 Å². The van der Waals surface area contributed by atoms with E-state index in [1.54, 1.807) is 13.3 Å². The molecule has 1 rings (SSSR count). The van der Waals surface area contributed by atoms with E-state index in [2.05, 4.69) is 29.5 Å². The average molecular weight is 226 g/mol. The van der Waals surface area contributed by atoms with Gasteiger partial charge in [-0.15, -0.1) is 5.10 Å². The Morgan fingerprint density at radius 3 is 2.81 bits per heavy atom. The Hall–Kier alpha value is -0.940. The monoisotopic (exact) mass is 226 g/mol. The van der Waals surface area contributed by atoms with Gasteiger partial charge in [-0.1, -0.05) is 19.1 Å². The molecule has 1 atom stereocenters. The van der Waals surface area contributed by atoms with E-state index in [-0.39, 0.29) is 0 Å². The molecule has 1 unspecified atom stereocenters. The highest BCUT2D eigenvalue weighted by atomic mass is 16.5. The molecule has 5 nitrogen and oxygen atoms in total. The summed E-state index contributed by atoms with van der Waals surface area (Å²) in [6, 6.07) is 0.503. The molecule has 0 aliphatic carbocycles. The summed E-state index contributed by atoms with van der Waals surface area (Å²) < 4.78 is 6.94. The van der Waals surface area contributed by atoms with Crippen LogP contribution in [0.3, 0.4) is 0 Å². The number of methoxy groups -OCH3 is 1. The van der Waals surface area contributed by atoms with Crippen LogP contribution < -0.4 is 5.32 Å². The molecule has 1 aromatic rings. The molecular formula is C11H22N4O. The standard InChI is InChI=1S/C11H22N4O/c1-10(2)11(4-9-16-3)12-5-7-15-8-6-13-14-15/h6,8,10-12H,4-5,7,9H2,1-3H3. The summed E-state index contributed by atoms with van der Waals surface area (Å²) in [5.41, 5.74) is 0. The van der Waals surface area contributed by atoms with Gasteiger partial charge in [-0.25, -0.2) is 0 Å². The Kier molecular flexibility index (Phi) is 6.03. The van der Waals surface area contributed by atoms with Gasteiger partial charge in [-0.2, -0.15) is 0 Å². The highest BCUT2D eigenvalue weighted by Gasteiger charge is 2.11. The first-order valence-electron chi connectivity index (χ1n) is 5.80.